The Morgan fingerprint density at radius 2 is 1.92 bits per heavy atom. The molecule has 0 unspecified atom stereocenters. The monoisotopic (exact) mass is 167 g/mol. The maximum atomic E-state index is 3.25. The SMILES string of the molecule is CC.CC1=CC(C(C)C)=CCN1. The first-order valence-corrected chi connectivity index (χ1v) is 4.82. The summed E-state index contributed by atoms with van der Waals surface area (Å²) in [7, 11) is 0. The smallest absolute Gasteiger partial charge is 0.0333 e. The van der Waals surface area contributed by atoms with E-state index < -0.39 is 0 Å². The van der Waals surface area contributed by atoms with Crippen molar-refractivity contribution in [3.63, 3.8) is 0 Å². The first-order valence-electron chi connectivity index (χ1n) is 4.82. The molecule has 1 aliphatic heterocycles. The third-order valence-corrected chi connectivity index (χ3v) is 1.77. The first kappa shape index (κ1) is 11.3. The molecule has 0 radical (unpaired) electrons. The topological polar surface area (TPSA) is 12.0 Å². The lowest BCUT2D eigenvalue weighted by Crippen LogP contribution is -2.16. The van der Waals surface area contributed by atoms with Crippen molar-refractivity contribution in [2.45, 2.75) is 34.6 Å². The second kappa shape index (κ2) is 5.87. The minimum atomic E-state index is 0.664. The minimum absolute atomic E-state index is 0.664. The van der Waals surface area contributed by atoms with Crippen LogP contribution in [-0.2, 0) is 0 Å². The van der Waals surface area contributed by atoms with Crippen LogP contribution in [0.2, 0.25) is 0 Å². The van der Waals surface area contributed by atoms with Gasteiger partial charge in [0.15, 0.2) is 0 Å². The van der Waals surface area contributed by atoms with E-state index in [1.807, 2.05) is 13.8 Å². The predicted octanol–water partition coefficient (Wildman–Crippen LogP) is 3.10. The number of hydrogen-bond acceptors (Lipinski definition) is 1. The molecule has 0 fully saturated rings. The Morgan fingerprint density at radius 1 is 1.33 bits per heavy atom. The molecule has 1 heteroatoms. The van der Waals surface area contributed by atoms with Crippen molar-refractivity contribution in [1.29, 1.82) is 0 Å². The number of hydrogen-bond donors (Lipinski definition) is 1. The molecule has 0 amide bonds. The van der Waals surface area contributed by atoms with Gasteiger partial charge in [-0.05, 0) is 24.5 Å². The van der Waals surface area contributed by atoms with Crippen LogP contribution in [0.5, 0.6) is 0 Å². The zero-order valence-corrected chi connectivity index (χ0v) is 8.94. The summed E-state index contributed by atoms with van der Waals surface area (Å²) in [5.74, 6) is 0.664. The Bertz CT molecular complexity index is 175. The molecule has 70 valence electrons. The van der Waals surface area contributed by atoms with Gasteiger partial charge in [-0.3, -0.25) is 0 Å². The van der Waals surface area contributed by atoms with Gasteiger partial charge in [0, 0.05) is 12.2 Å². The van der Waals surface area contributed by atoms with E-state index in [0.717, 1.165) is 6.54 Å². The molecule has 0 atom stereocenters. The van der Waals surface area contributed by atoms with Gasteiger partial charge in [-0.2, -0.15) is 0 Å². The highest BCUT2D eigenvalue weighted by Crippen LogP contribution is 2.14. The van der Waals surface area contributed by atoms with Crippen molar-refractivity contribution in [2.75, 3.05) is 6.54 Å². The van der Waals surface area contributed by atoms with Gasteiger partial charge in [-0.1, -0.05) is 33.8 Å². The van der Waals surface area contributed by atoms with Crippen LogP contribution in [0.25, 0.3) is 0 Å². The van der Waals surface area contributed by atoms with Gasteiger partial charge < -0.3 is 5.32 Å². The molecule has 0 aromatic heterocycles. The van der Waals surface area contributed by atoms with E-state index in [0.29, 0.717) is 5.92 Å². The third kappa shape index (κ3) is 3.61. The van der Waals surface area contributed by atoms with Crippen molar-refractivity contribution in [3.05, 3.63) is 23.4 Å². The van der Waals surface area contributed by atoms with Crippen LogP contribution in [0.3, 0.4) is 0 Å². The molecule has 1 N–H and O–H groups in total. The zero-order valence-electron chi connectivity index (χ0n) is 8.94. The van der Waals surface area contributed by atoms with E-state index in [1.54, 1.807) is 0 Å². The van der Waals surface area contributed by atoms with Crippen LogP contribution in [0, 0.1) is 5.92 Å². The van der Waals surface area contributed by atoms with Crippen LogP contribution < -0.4 is 5.32 Å². The normalized spacial score (nSPS) is 15.5. The van der Waals surface area contributed by atoms with Crippen LogP contribution in [0.1, 0.15) is 34.6 Å². The summed E-state index contributed by atoms with van der Waals surface area (Å²) in [4.78, 5) is 0. The number of rotatable bonds is 1. The van der Waals surface area contributed by atoms with Crippen molar-refractivity contribution >= 4 is 0 Å². The van der Waals surface area contributed by atoms with E-state index in [-0.39, 0.29) is 0 Å². The maximum Gasteiger partial charge on any atom is 0.0333 e. The van der Waals surface area contributed by atoms with Crippen LogP contribution in [-0.4, -0.2) is 6.54 Å². The average molecular weight is 167 g/mol. The molecule has 12 heavy (non-hydrogen) atoms. The van der Waals surface area contributed by atoms with Gasteiger partial charge >= 0.3 is 0 Å². The van der Waals surface area contributed by atoms with Crippen molar-refractivity contribution < 1.29 is 0 Å². The highest BCUT2D eigenvalue weighted by Gasteiger charge is 2.03. The Morgan fingerprint density at radius 3 is 2.25 bits per heavy atom. The summed E-state index contributed by atoms with van der Waals surface area (Å²) < 4.78 is 0. The minimum Gasteiger partial charge on any atom is -0.385 e. The number of dihydropyridines is 1. The van der Waals surface area contributed by atoms with Crippen LogP contribution in [0.15, 0.2) is 23.4 Å². The summed E-state index contributed by atoms with van der Waals surface area (Å²) in [6.07, 6.45) is 4.46. The van der Waals surface area contributed by atoms with Gasteiger partial charge in [0.1, 0.15) is 0 Å². The summed E-state index contributed by atoms with van der Waals surface area (Å²) in [5.41, 5.74) is 2.74. The molecule has 0 saturated carbocycles. The Hall–Kier alpha value is -0.720. The lowest BCUT2D eigenvalue weighted by Gasteiger charge is -2.15. The third-order valence-electron chi connectivity index (χ3n) is 1.77. The number of allylic oxidation sites excluding steroid dienone is 3. The van der Waals surface area contributed by atoms with Crippen molar-refractivity contribution in [2.24, 2.45) is 5.92 Å². The van der Waals surface area contributed by atoms with E-state index in [1.165, 1.54) is 11.3 Å². The fourth-order valence-electron chi connectivity index (χ4n) is 1.09. The van der Waals surface area contributed by atoms with Gasteiger partial charge in [-0.25, -0.2) is 0 Å². The first-order chi connectivity index (χ1) is 5.70. The van der Waals surface area contributed by atoms with E-state index >= 15 is 0 Å². The van der Waals surface area contributed by atoms with Crippen LogP contribution >= 0.6 is 0 Å². The molecule has 0 aliphatic carbocycles. The molecule has 1 aliphatic rings. The Labute approximate surface area is 76.6 Å². The van der Waals surface area contributed by atoms with E-state index in [2.05, 4.69) is 38.2 Å². The second-order valence-electron chi connectivity index (χ2n) is 3.07. The maximum absolute atomic E-state index is 3.25. The van der Waals surface area contributed by atoms with Crippen molar-refractivity contribution in [3.8, 4) is 0 Å². The molecule has 0 aromatic rings. The van der Waals surface area contributed by atoms with Crippen molar-refractivity contribution in [1.82, 2.24) is 5.32 Å². The summed E-state index contributed by atoms with van der Waals surface area (Å²) >= 11 is 0. The summed E-state index contributed by atoms with van der Waals surface area (Å²) in [5, 5.41) is 3.25. The highest BCUT2D eigenvalue weighted by molar-refractivity contribution is 5.27. The van der Waals surface area contributed by atoms with Gasteiger partial charge in [0.25, 0.3) is 0 Å². The average Bonchev–Trinajstić information content (AvgIpc) is 2.08. The largest absolute Gasteiger partial charge is 0.385 e. The Kier molecular flexibility index (Phi) is 5.52. The lowest BCUT2D eigenvalue weighted by molar-refractivity contribution is 0.756. The molecule has 1 nitrogen and oxygen atoms in total. The lowest BCUT2D eigenvalue weighted by atomic mass is 10.0. The molecule has 0 aromatic carbocycles. The molecular formula is C11H21N. The molecular weight excluding hydrogens is 146 g/mol. The van der Waals surface area contributed by atoms with Gasteiger partial charge in [0.05, 0.1) is 0 Å². The molecule has 1 heterocycles. The fraction of sp³-hybridized carbons (Fsp3) is 0.636. The quantitative estimate of drug-likeness (QED) is 0.632. The molecule has 0 bridgehead atoms. The summed E-state index contributed by atoms with van der Waals surface area (Å²) in [6.45, 7) is 11.5. The van der Waals surface area contributed by atoms with Gasteiger partial charge in [0.2, 0.25) is 0 Å². The van der Waals surface area contributed by atoms with Gasteiger partial charge in [-0.15, -0.1) is 0 Å². The fourth-order valence-corrected chi connectivity index (χ4v) is 1.09. The second-order valence-corrected chi connectivity index (χ2v) is 3.07. The molecule has 1 rings (SSSR count). The predicted molar refractivity (Wildman–Crippen MR) is 56.0 cm³/mol. The van der Waals surface area contributed by atoms with Crippen LogP contribution in [0.4, 0.5) is 0 Å². The van der Waals surface area contributed by atoms with E-state index in [9.17, 15) is 0 Å². The molecule has 0 saturated heterocycles. The molecule has 0 spiro atoms. The highest BCUT2D eigenvalue weighted by atomic mass is 14.9. The van der Waals surface area contributed by atoms with E-state index in [4.69, 9.17) is 0 Å². The number of nitrogens with one attached hydrogen (secondary N) is 1. The summed E-state index contributed by atoms with van der Waals surface area (Å²) in [6, 6.07) is 0. The Balaban J connectivity index is 0.000000561. The zero-order chi connectivity index (χ0) is 9.56. The standard InChI is InChI=1S/C9H15N.C2H6/c1-7(2)9-4-5-10-8(3)6-9;1-2/h4,6-7,10H,5H2,1-3H3;1-2H3.